The summed E-state index contributed by atoms with van der Waals surface area (Å²) in [5.74, 6) is 0.559. The fourth-order valence-electron chi connectivity index (χ4n) is 1.43. The number of hydrogen-bond acceptors (Lipinski definition) is 5. The van der Waals surface area contributed by atoms with Crippen LogP contribution in [0.15, 0.2) is 12.4 Å². The van der Waals surface area contributed by atoms with Crippen molar-refractivity contribution in [3.8, 4) is 5.75 Å². The van der Waals surface area contributed by atoms with Crippen molar-refractivity contribution < 1.29 is 13.2 Å². The van der Waals surface area contributed by atoms with Crippen LogP contribution in [0, 0.1) is 0 Å². The fraction of sp³-hybridized carbons (Fsp3) is 0.500. The Balaban J connectivity index is 2.30. The molecule has 94 valence electrons. The number of nitrogens with one attached hydrogen (secondary N) is 1. The van der Waals surface area contributed by atoms with E-state index in [1.165, 1.54) is 6.20 Å². The number of sulfonamides is 1. The van der Waals surface area contributed by atoms with Gasteiger partial charge in [0, 0.05) is 12.1 Å². The molecule has 2 rings (SSSR count). The predicted octanol–water partition coefficient (Wildman–Crippen LogP) is 0.453. The number of pyridine rings is 1. The highest BCUT2D eigenvalue weighted by molar-refractivity contribution is 7.92. The molecule has 3 N–H and O–H groups in total. The molecule has 0 bridgehead atoms. The van der Waals surface area contributed by atoms with Crippen molar-refractivity contribution in [2.75, 3.05) is 11.0 Å². The summed E-state index contributed by atoms with van der Waals surface area (Å²) in [6.45, 7) is 0.197. The molecule has 17 heavy (non-hydrogen) atoms. The number of ether oxygens (including phenoxy) is 1. The van der Waals surface area contributed by atoms with Gasteiger partial charge < -0.3 is 10.5 Å². The van der Waals surface area contributed by atoms with Crippen LogP contribution < -0.4 is 15.2 Å². The molecule has 1 aliphatic rings. The maximum Gasteiger partial charge on any atom is 0.229 e. The Hall–Kier alpha value is -1.34. The summed E-state index contributed by atoms with van der Waals surface area (Å²) in [5.41, 5.74) is 6.64. The van der Waals surface area contributed by atoms with E-state index in [4.69, 9.17) is 10.5 Å². The lowest BCUT2D eigenvalue weighted by Crippen LogP contribution is -2.14. The van der Waals surface area contributed by atoms with E-state index in [1.54, 1.807) is 6.20 Å². The zero-order chi connectivity index (χ0) is 12.5. The van der Waals surface area contributed by atoms with Gasteiger partial charge in [-0.05, 0) is 12.8 Å². The first kappa shape index (κ1) is 12.1. The van der Waals surface area contributed by atoms with Crippen molar-refractivity contribution in [3.63, 3.8) is 0 Å². The van der Waals surface area contributed by atoms with Gasteiger partial charge in [0.15, 0.2) is 0 Å². The van der Waals surface area contributed by atoms with Crippen LogP contribution in [0.3, 0.4) is 0 Å². The summed E-state index contributed by atoms with van der Waals surface area (Å²) >= 11 is 0. The Labute approximate surface area is 100 Å². The normalized spacial score (nSPS) is 15.6. The molecule has 1 aromatic heterocycles. The lowest BCUT2D eigenvalue weighted by molar-refractivity contribution is 0.299. The average molecular weight is 257 g/mol. The zero-order valence-electron chi connectivity index (χ0n) is 9.51. The molecule has 0 radical (unpaired) electrons. The number of anilines is 1. The fourth-order valence-corrected chi connectivity index (χ4v) is 2.01. The van der Waals surface area contributed by atoms with E-state index >= 15 is 0 Å². The number of nitrogens with two attached hydrogens (primary N) is 1. The summed E-state index contributed by atoms with van der Waals surface area (Å²) in [6, 6.07) is 0. The number of rotatable bonds is 5. The Morgan fingerprint density at radius 1 is 1.53 bits per heavy atom. The van der Waals surface area contributed by atoms with Crippen LogP contribution >= 0.6 is 0 Å². The van der Waals surface area contributed by atoms with E-state index < -0.39 is 10.0 Å². The van der Waals surface area contributed by atoms with E-state index in [-0.39, 0.29) is 12.6 Å². The third-order valence-corrected chi connectivity index (χ3v) is 2.93. The number of aromatic nitrogens is 1. The predicted molar refractivity (Wildman–Crippen MR) is 64.2 cm³/mol. The highest BCUT2D eigenvalue weighted by Gasteiger charge is 2.25. The Kier molecular flexibility index (Phi) is 3.21. The smallest absolute Gasteiger partial charge is 0.229 e. The van der Waals surface area contributed by atoms with Crippen molar-refractivity contribution in [1.29, 1.82) is 0 Å². The van der Waals surface area contributed by atoms with Gasteiger partial charge >= 0.3 is 0 Å². The Bertz CT molecular complexity index is 512. The van der Waals surface area contributed by atoms with Gasteiger partial charge in [-0.15, -0.1) is 0 Å². The van der Waals surface area contributed by atoms with E-state index in [1.807, 2.05) is 0 Å². The lowest BCUT2D eigenvalue weighted by atomic mass is 10.2. The third-order valence-electron chi connectivity index (χ3n) is 2.34. The summed E-state index contributed by atoms with van der Waals surface area (Å²) in [5, 5.41) is 0. The van der Waals surface area contributed by atoms with Crippen molar-refractivity contribution in [2.45, 2.75) is 25.5 Å². The summed E-state index contributed by atoms with van der Waals surface area (Å²) in [4.78, 5) is 3.95. The standard InChI is InChI=1S/C10H15N3O3S/c1-17(14,15)13-9-5-12-6-10(8(9)4-11)16-7-2-3-7/h5-7,13H,2-4,11H2,1H3. The van der Waals surface area contributed by atoms with Crippen molar-refractivity contribution in [3.05, 3.63) is 18.0 Å². The van der Waals surface area contributed by atoms with Gasteiger partial charge in [0.2, 0.25) is 10.0 Å². The van der Waals surface area contributed by atoms with Crippen LogP contribution in [0.5, 0.6) is 5.75 Å². The van der Waals surface area contributed by atoms with Crippen LogP contribution in [0.2, 0.25) is 0 Å². The van der Waals surface area contributed by atoms with Gasteiger partial charge in [-0.2, -0.15) is 0 Å². The molecular formula is C10H15N3O3S. The minimum atomic E-state index is -3.34. The van der Waals surface area contributed by atoms with Crippen molar-refractivity contribution in [2.24, 2.45) is 5.73 Å². The minimum absolute atomic E-state index is 0.197. The second-order valence-corrected chi connectivity index (χ2v) is 5.81. The van der Waals surface area contributed by atoms with Crippen LogP contribution in [0.25, 0.3) is 0 Å². The highest BCUT2D eigenvalue weighted by atomic mass is 32.2. The van der Waals surface area contributed by atoms with Crippen LogP contribution in [-0.4, -0.2) is 25.8 Å². The average Bonchev–Trinajstić information content (AvgIpc) is 2.99. The Morgan fingerprint density at radius 3 is 2.76 bits per heavy atom. The van der Waals surface area contributed by atoms with Gasteiger partial charge in [-0.25, -0.2) is 8.42 Å². The topological polar surface area (TPSA) is 94.3 Å². The van der Waals surface area contributed by atoms with E-state index in [9.17, 15) is 8.42 Å². The quantitative estimate of drug-likeness (QED) is 0.798. The summed E-state index contributed by atoms with van der Waals surface area (Å²) in [6.07, 6.45) is 6.34. The number of nitrogens with zero attached hydrogens (tertiary/aromatic N) is 1. The molecule has 0 unspecified atom stereocenters. The van der Waals surface area contributed by atoms with E-state index in [0.29, 0.717) is 17.0 Å². The largest absolute Gasteiger partial charge is 0.488 e. The SMILES string of the molecule is CS(=O)(=O)Nc1cncc(OC2CC2)c1CN. The van der Waals surface area contributed by atoms with Gasteiger partial charge in [0.1, 0.15) is 5.75 Å². The van der Waals surface area contributed by atoms with Crippen molar-refractivity contribution >= 4 is 15.7 Å². The molecule has 7 heteroatoms. The van der Waals surface area contributed by atoms with Gasteiger partial charge in [-0.3, -0.25) is 9.71 Å². The number of hydrogen-bond donors (Lipinski definition) is 2. The van der Waals surface area contributed by atoms with Gasteiger partial charge in [-0.1, -0.05) is 0 Å². The zero-order valence-corrected chi connectivity index (χ0v) is 10.3. The van der Waals surface area contributed by atoms with E-state index in [2.05, 4.69) is 9.71 Å². The molecule has 1 heterocycles. The molecule has 1 aliphatic carbocycles. The van der Waals surface area contributed by atoms with Crippen molar-refractivity contribution in [1.82, 2.24) is 4.98 Å². The molecule has 0 saturated heterocycles. The molecule has 0 amide bonds. The van der Waals surface area contributed by atoms with E-state index in [0.717, 1.165) is 19.1 Å². The third kappa shape index (κ3) is 3.31. The molecule has 0 aromatic carbocycles. The lowest BCUT2D eigenvalue weighted by Gasteiger charge is -2.13. The van der Waals surface area contributed by atoms with Gasteiger partial charge in [0.05, 0.1) is 30.4 Å². The highest BCUT2D eigenvalue weighted by Crippen LogP contribution is 2.31. The maximum absolute atomic E-state index is 11.2. The molecule has 6 nitrogen and oxygen atoms in total. The second-order valence-electron chi connectivity index (χ2n) is 4.06. The van der Waals surface area contributed by atoms with Gasteiger partial charge in [0.25, 0.3) is 0 Å². The molecule has 0 spiro atoms. The molecule has 0 atom stereocenters. The maximum atomic E-state index is 11.2. The monoisotopic (exact) mass is 257 g/mol. The molecule has 0 aliphatic heterocycles. The molecule has 1 saturated carbocycles. The molecule has 1 fully saturated rings. The summed E-state index contributed by atoms with van der Waals surface area (Å²) in [7, 11) is -3.34. The second kappa shape index (κ2) is 4.50. The first-order valence-electron chi connectivity index (χ1n) is 5.31. The van der Waals surface area contributed by atoms with Crippen LogP contribution in [0.1, 0.15) is 18.4 Å². The Morgan fingerprint density at radius 2 is 2.24 bits per heavy atom. The van der Waals surface area contributed by atoms with Crippen LogP contribution in [0.4, 0.5) is 5.69 Å². The minimum Gasteiger partial charge on any atom is -0.488 e. The first-order valence-corrected chi connectivity index (χ1v) is 7.20. The first-order chi connectivity index (χ1) is 7.99. The van der Waals surface area contributed by atoms with Crippen LogP contribution in [-0.2, 0) is 16.6 Å². The molecular weight excluding hydrogens is 242 g/mol. The molecule has 1 aromatic rings. The summed E-state index contributed by atoms with van der Waals surface area (Å²) < 4.78 is 30.4.